The first-order valence-corrected chi connectivity index (χ1v) is 5.89. The molecule has 0 spiro atoms. The fourth-order valence-corrected chi connectivity index (χ4v) is 1.92. The van der Waals surface area contributed by atoms with Crippen LogP contribution in [0, 0.1) is 0 Å². The van der Waals surface area contributed by atoms with Gasteiger partial charge in [0.1, 0.15) is 11.2 Å². The van der Waals surface area contributed by atoms with Crippen molar-refractivity contribution in [2.45, 2.75) is 6.92 Å². The summed E-state index contributed by atoms with van der Waals surface area (Å²) in [6.45, 7) is 6.13. The van der Waals surface area contributed by atoms with Crippen LogP contribution in [0.25, 0.3) is 6.58 Å². The van der Waals surface area contributed by atoms with E-state index in [1.165, 1.54) is 0 Å². The molecule has 1 aliphatic heterocycles. The molecule has 2 N–H and O–H groups in total. The summed E-state index contributed by atoms with van der Waals surface area (Å²) in [4.78, 5) is 22.7. The van der Waals surface area contributed by atoms with E-state index in [9.17, 15) is 4.79 Å². The zero-order valence-corrected chi connectivity index (χ0v) is 10.4. The molecule has 0 amide bonds. The molecular weight excluding hydrogens is 244 g/mol. The molecule has 1 aliphatic rings. The Hall–Kier alpha value is -2.63. The largest absolute Gasteiger partial charge is 0.494 e. The van der Waals surface area contributed by atoms with Gasteiger partial charge in [0.2, 0.25) is 0 Å². The van der Waals surface area contributed by atoms with Crippen LogP contribution in [0.3, 0.4) is 0 Å². The van der Waals surface area contributed by atoms with Crippen LogP contribution in [-0.2, 0) is 0 Å². The van der Waals surface area contributed by atoms with Crippen LogP contribution in [0.2, 0.25) is 0 Å². The molecule has 96 valence electrons. The summed E-state index contributed by atoms with van der Waals surface area (Å²) in [5, 5.41) is 3.34. The highest BCUT2D eigenvalue weighted by Gasteiger charge is 2.14. The fraction of sp³-hybridized carbons (Fsp3) is 0.154. The minimum absolute atomic E-state index is 0.268. The van der Waals surface area contributed by atoms with E-state index in [1.807, 2.05) is 19.1 Å². The number of fused-ring (bicyclic) bond motifs is 2. The highest BCUT2D eigenvalue weighted by Crippen LogP contribution is 2.32. The molecule has 0 saturated heterocycles. The van der Waals surface area contributed by atoms with Crippen molar-refractivity contribution >= 4 is 23.8 Å². The lowest BCUT2D eigenvalue weighted by Crippen LogP contribution is -2.38. The van der Waals surface area contributed by atoms with Gasteiger partial charge in [0.25, 0.3) is 5.56 Å². The minimum atomic E-state index is -0.304. The van der Waals surface area contributed by atoms with Crippen LogP contribution in [0.15, 0.2) is 28.0 Å². The number of aromatic nitrogens is 2. The standard InChI is InChI=1S/C13H12N4O2/c1-3-19-8-4-5-9-10(6-8)17-12-11(16-9)13(18)15-7(2)14-12/h4-6H,2-3H2,1H3,(H,14,17)(H,15,18). The van der Waals surface area contributed by atoms with Crippen molar-refractivity contribution in [2.24, 2.45) is 4.99 Å². The van der Waals surface area contributed by atoms with Crippen molar-refractivity contribution in [3.63, 3.8) is 0 Å². The van der Waals surface area contributed by atoms with Crippen molar-refractivity contribution in [3.8, 4) is 5.75 Å². The molecule has 19 heavy (non-hydrogen) atoms. The number of nitrogens with one attached hydrogen (secondary N) is 2. The Balaban J connectivity index is 2.19. The van der Waals surface area contributed by atoms with Crippen molar-refractivity contribution in [1.82, 2.24) is 9.97 Å². The normalized spacial score (nSPS) is 11.8. The van der Waals surface area contributed by atoms with E-state index in [-0.39, 0.29) is 10.9 Å². The van der Waals surface area contributed by atoms with Gasteiger partial charge in [-0.1, -0.05) is 6.58 Å². The van der Waals surface area contributed by atoms with E-state index in [0.29, 0.717) is 23.6 Å². The molecular formula is C13H12N4O2. The summed E-state index contributed by atoms with van der Waals surface area (Å²) in [5.41, 5.74) is 1.44. The average molecular weight is 256 g/mol. The maximum absolute atomic E-state index is 11.8. The van der Waals surface area contributed by atoms with Crippen LogP contribution in [-0.4, -0.2) is 16.6 Å². The van der Waals surface area contributed by atoms with Crippen molar-refractivity contribution < 1.29 is 4.74 Å². The Morgan fingerprint density at radius 2 is 2.26 bits per heavy atom. The number of rotatable bonds is 2. The molecule has 0 atom stereocenters. The molecule has 2 heterocycles. The van der Waals surface area contributed by atoms with Crippen molar-refractivity contribution in [3.05, 3.63) is 39.4 Å². The summed E-state index contributed by atoms with van der Waals surface area (Å²) in [6, 6.07) is 5.45. The Bertz CT molecular complexity index is 810. The number of ether oxygens (including phenoxy) is 1. The quantitative estimate of drug-likeness (QED) is 0.703. The van der Waals surface area contributed by atoms with Gasteiger partial charge in [0.15, 0.2) is 11.2 Å². The van der Waals surface area contributed by atoms with Crippen LogP contribution in [0.1, 0.15) is 6.92 Å². The Labute approximate surface area is 108 Å². The number of hydrogen-bond donors (Lipinski definition) is 2. The zero-order chi connectivity index (χ0) is 13.4. The first-order valence-electron chi connectivity index (χ1n) is 5.89. The van der Waals surface area contributed by atoms with E-state index in [1.54, 1.807) is 6.07 Å². The molecule has 0 radical (unpaired) electrons. The zero-order valence-electron chi connectivity index (χ0n) is 10.4. The number of nitrogens with zero attached hydrogens (tertiary/aromatic N) is 2. The second-order valence-corrected chi connectivity index (χ2v) is 4.06. The molecule has 2 aromatic rings. The summed E-state index contributed by atoms with van der Waals surface area (Å²) < 4.78 is 5.43. The topological polar surface area (TPSA) is 79.4 Å². The van der Waals surface area contributed by atoms with Gasteiger partial charge in [-0.05, 0) is 19.1 Å². The lowest BCUT2D eigenvalue weighted by molar-refractivity contribution is 0.340. The maximum atomic E-state index is 11.8. The Morgan fingerprint density at radius 3 is 3.05 bits per heavy atom. The third kappa shape index (κ3) is 1.97. The third-order valence-corrected chi connectivity index (χ3v) is 2.71. The fourth-order valence-electron chi connectivity index (χ4n) is 1.92. The smallest absolute Gasteiger partial charge is 0.279 e. The number of benzene rings is 1. The van der Waals surface area contributed by atoms with Gasteiger partial charge >= 0.3 is 0 Å². The lowest BCUT2D eigenvalue weighted by Gasteiger charge is -2.14. The molecule has 0 fully saturated rings. The van der Waals surface area contributed by atoms with Crippen molar-refractivity contribution in [1.29, 1.82) is 0 Å². The Kier molecular flexibility index (Phi) is 2.56. The molecule has 0 bridgehead atoms. The third-order valence-electron chi connectivity index (χ3n) is 2.71. The average Bonchev–Trinajstić information content (AvgIpc) is 2.37. The van der Waals surface area contributed by atoms with Crippen LogP contribution in [0.5, 0.6) is 5.75 Å². The molecule has 1 aromatic heterocycles. The highest BCUT2D eigenvalue weighted by atomic mass is 16.5. The minimum Gasteiger partial charge on any atom is -0.494 e. The van der Waals surface area contributed by atoms with E-state index in [0.717, 1.165) is 11.4 Å². The monoisotopic (exact) mass is 256 g/mol. The highest BCUT2D eigenvalue weighted by molar-refractivity contribution is 5.74. The number of hydrogen-bond acceptors (Lipinski definition) is 5. The summed E-state index contributed by atoms with van der Waals surface area (Å²) >= 11 is 0. The number of anilines is 2. The van der Waals surface area contributed by atoms with E-state index in [2.05, 4.69) is 26.9 Å². The first kappa shape index (κ1) is 11.5. The predicted molar refractivity (Wildman–Crippen MR) is 71.7 cm³/mol. The van der Waals surface area contributed by atoms with Crippen LogP contribution < -0.4 is 26.4 Å². The predicted octanol–water partition coefficient (Wildman–Crippen LogP) is 0.587. The Morgan fingerprint density at radius 1 is 1.42 bits per heavy atom. The molecule has 0 aliphatic carbocycles. The second-order valence-electron chi connectivity index (χ2n) is 4.06. The molecule has 6 heteroatoms. The molecule has 0 unspecified atom stereocenters. The van der Waals surface area contributed by atoms with Crippen molar-refractivity contribution in [2.75, 3.05) is 11.9 Å². The maximum Gasteiger partial charge on any atom is 0.279 e. The lowest BCUT2D eigenvalue weighted by atomic mass is 10.2. The van der Waals surface area contributed by atoms with Gasteiger partial charge in [0, 0.05) is 6.07 Å². The van der Waals surface area contributed by atoms with E-state index < -0.39 is 0 Å². The summed E-state index contributed by atoms with van der Waals surface area (Å²) in [7, 11) is 0. The van der Waals surface area contributed by atoms with Gasteiger partial charge in [-0.15, -0.1) is 0 Å². The second kappa shape index (κ2) is 4.24. The molecule has 6 nitrogen and oxygen atoms in total. The van der Waals surface area contributed by atoms with E-state index in [4.69, 9.17) is 4.74 Å². The summed E-state index contributed by atoms with van der Waals surface area (Å²) in [6.07, 6.45) is 0. The number of H-pyrrole nitrogens is 1. The SMILES string of the molecule is C=c1nc2c(c(=O)[nH]1)=Nc1ccc(OCC)cc1N2. The first-order chi connectivity index (χ1) is 9.17. The van der Waals surface area contributed by atoms with E-state index >= 15 is 0 Å². The van der Waals surface area contributed by atoms with Gasteiger partial charge in [-0.3, -0.25) is 4.79 Å². The van der Waals surface area contributed by atoms with Gasteiger partial charge in [-0.2, -0.15) is 0 Å². The number of aromatic amines is 1. The van der Waals surface area contributed by atoms with Crippen LogP contribution in [0.4, 0.5) is 17.2 Å². The molecule has 3 rings (SSSR count). The van der Waals surface area contributed by atoms with Gasteiger partial charge in [0.05, 0.1) is 18.0 Å². The van der Waals surface area contributed by atoms with Gasteiger partial charge in [-0.25, -0.2) is 9.98 Å². The summed E-state index contributed by atoms with van der Waals surface area (Å²) in [5.74, 6) is 1.15. The van der Waals surface area contributed by atoms with Crippen LogP contribution >= 0.6 is 0 Å². The molecule has 0 saturated carbocycles. The van der Waals surface area contributed by atoms with Gasteiger partial charge < -0.3 is 15.0 Å². The molecule has 1 aromatic carbocycles.